The molecule has 0 aliphatic rings. The van der Waals surface area contributed by atoms with E-state index in [0.29, 0.717) is 5.92 Å². The first-order valence-electron chi connectivity index (χ1n) is 6.49. The van der Waals surface area contributed by atoms with Crippen molar-refractivity contribution >= 4 is 11.6 Å². The van der Waals surface area contributed by atoms with Crippen LogP contribution in [0.2, 0.25) is 5.02 Å². The van der Waals surface area contributed by atoms with Crippen molar-refractivity contribution < 1.29 is 0 Å². The van der Waals surface area contributed by atoms with Gasteiger partial charge in [-0.05, 0) is 56.0 Å². The molecule has 0 N–H and O–H groups in total. The molecule has 1 aromatic heterocycles. The molecule has 1 aromatic carbocycles. The van der Waals surface area contributed by atoms with Gasteiger partial charge < -0.3 is 4.57 Å². The fourth-order valence-corrected chi connectivity index (χ4v) is 2.56. The van der Waals surface area contributed by atoms with Crippen LogP contribution in [0.4, 0.5) is 0 Å². The Balaban J connectivity index is 2.65. The summed E-state index contributed by atoms with van der Waals surface area (Å²) in [6.07, 6.45) is 1.13. The van der Waals surface area contributed by atoms with Crippen LogP contribution in [0.1, 0.15) is 43.1 Å². The minimum absolute atomic E-state index is 0.540. The van der Waals surface area contributed by atoms with Gasteiger partial charge in [0.15, 0.2) is 0 Å². The Bertz CT molecular complexity index is 535. The fourth-order valence-electron chi connectivity index (χ4n) is 2.40. The summed E-state index contributed by atoms with van der Waals surface area (Å²) in [5.41, 5.74) is 5.08. The number of aryl methyl sites for hydroxylation is 2. The third kappa shape index (κ3) is 2.32. The SMILES string of the molecule is CCC(C)c1ccc(Cl)cc1-n1c(C)ccc1C. The molecule has 0 saturated heterocycles. The molecular weight excluding hydrogens is 242 g/mol. The normalized spacial score (nSPS) is 12.7. The molecule has 0 fully saturated rings. The zero-order valence-corrected chi connectivity index (χ0v) is 12.3. The van der Waals surface area contributed by atoms with Crippen LogP contribution < -0.4 is 0 Å². The lowest BCUT2D eigenvalue weighted by molar-refractivity contribution is 0.723. The average molecular weight is 262 g/mol. The van der Waals surface area contributed by atoms with Gasteiger partial charge in [0.2, 0.25) is 0 Å². The van der Waals surface area contributed by atoms with Crippen molar-refractivity contribution in [1.29, 1.82) is 0 Å². The van der Waals surface area contributed by atoms with Gasteiger partial charge in [-0.1, -0.05) is 31.5 Å². The quantitative estimate of drug-likeness (QED) is 0.710. The van der Waals surface area contributed by atoms with Gasteiger partial charge in [-0.2, -0.15) is 0 Å². The average Bonchev–Trinajstić information content (AvgIpc) is 2.68. The van der Waals surface area contributed by atoms with Crippen molar-refractivity contribution in [2.45, 2.75) is 40.0 Å². The van der Waals surface area contributed by atoms with E-state index in [-0.39, 0.29) is 0 Å². The maximum Gasteiger partial charge on any atom is 0.0504 e. The van der Waals surface area contributed by atoms with Crippen LogP contribution >= 0.6 is 11.6 Å². The topological polar surface area (TPSA) is 4.93 Å². The minimum atomic E-state index is 0.540. The molecule has 1 nitrogen and oxygen atoms in total. The Hall–Kier alpha value is -1.21. The molecule has 0 radical (unpaired) electrons. The molecule has 2 heteroatoms. The lowest BCUT2D eigenvalue weighted by atomic mass is 9.96. The second kappa shape index (κ2) is 5.19. The maximum atomic E-state index is 6.17. The number of benzene rings is 1. The number of nitrogens with zero attached hydrogens (tertiary/aromatic N) is 1. The summed E-state index contributed by atoms with van der Waals surface area (Å²) in [7, 11) is 0. The first kappa shape index (κ1) is 13.2. The highest BCUT2D eigenvalue weighted by Crippen LogP contribution is 2.30. The van der Waals surface area contributed by atoms with E-state index in [9.17, 15) is 0 Å². The van der Waals surface area contributed by atoms with Crippen LogP contribution in [0, 0.1) is 13.8 Å². The summed E-state index contributed by atoms with van der Waals surface area (Å²) in [5.74, 6) is 0.540. The Kier molecular flexibility index (Phi) is 3.82. The molecule has 0 spiro atoms. The van der Waals surface area contributed by atoms with Crippen molar-refractivity contribution in [1.82, 2.24) is 4.57 Å². The molecule has 2 aromatic rings. The van der Waals surface area contributed by atoms with Gasteiger partial charge in [-0.3, -0.25) is 0 Å². The van der Waals surface area contributed by atoms with E-state index in [1.165, 1.54) is 22.6 Å². The molecule has 0 aliphatic heterocycles. The third-order valence-electron chi connectivity index (χ3n) is 3.65. The van der Waals surface area contributed by atoms with E-state index in [1.54, 1.807) is 0 Å². The van der Waals surface area contributed by atoms with Crippen molar-refractivity contribution in [2.24, 2.45) is 0 Å². The van der Waals surface area contributed by atoms with Crippen LogP contribution in [0.3, 0.4) is 0 Å². The zero-order valence-electron chi connectivity index (χ0n) is 11.5. The minimum Gasteiger partial charge on any atom is -0.318 e. The number of aromatic nitrogens is 1. The first-order chi connectivity index (χ1) is 8.54. The molecule has 1 unspecified atom stereocenters. The predicted octanol–water partition coefficient (Wildman–Crippen LogP) is 5.26. The standard InChI is InChI=1S/C16H20ClN/c1-5-11(2)15-9-8-14(17)10-16(15)18-12(3)6-7-13(18)4/h6-11H,5H2,1-4H3. The molecule has 2 rings (SSSR count). The summed E-state index contributed by atoms with van der Waals surface area (Å²) in [4.78, 5) is 0. The lowest BCUT2D eigenvalue weighted by Gasteiger charge is -2.19. The Morgan fingerprint density at radius 1 is 1.11 bits per heavy atom. The van der Waals surface area contributed by atoms with E-state index in [4.69, 9.17) is 11.6 Å². The predicted molar refractivity (Wildman–Crippen MR) is 79.0 cm³/mol. The van der Waals surface area contributed by atoms with Crippen LogP contribution in [-0.2, 0) is 0 Å². The Morgan fingerprint density at radius 3 is 2.28 bits per heavy atom. The second-order valence-electron chi connectivity index (χ2n) is 4.96. The van der Waals surface area contributed by atoms with Gasteiger partial charge in [-0.15, -0.1) is 0 Å². The summed E-state index contributed by atoms with van der Waals surface area (Å²) < 4.78 is 2.29. The van der Waals surface area contributed by atoms with Crippen LogP contribution in [0.15, 0.2) is 30.3 Å². The number of hydrogen-bond donors (Lipinski definition) is 0. The maximum absolute atomic E-state index is 6.17. The van der Waals surface area contributed by atoms with E-state index < -0.39 is 0 Å². The second-order valence-corrected chi connectivity index (χ2v) is 5.40. The molecular formula is C16H20ClN. The molecule has 0 amide bonds. The molecule has 1 atom stereocenters. The van der Waals surface area contributed by atoms with E-state index in [1.807, 2.05) is 6.07 Å². The number of halogens is 1. The Morgan fingerprint density at radius 2 is 1.72 bits per heavy atom. The van der Waals surface area contributed by atoms with Crippen LogP contribution in [0.25, 0.3) is 5.69 Å². The first-order valence-corrected chi connectivity index (χ1v) is 6.87. The highest BCUT2D eigenvalue weighted by molar-refractivity contribution is 6.30. The summed E-state index contributed by atoms with van der Waals surface area (Å²) in [6.45, 7) is 8.75. The van der Waals surface area contributed by atoms with Crippen molar-refractivity contribution in [3.63, 3.8) is 0 Å². The fraction of sp³-hybridized carbons (Fsp3) is 0.375. The highest BCUT2D eigenvalue weighted by atomic mass is 35.5. The molecule has 18 heavy (non-hydrogen) atoms. The van der Waals surface area contributed by atoms with Crippen LogP contribution in [-0.4, -0.2) is 4.57 Å². The lowest BCUT2D eigenvalue weighted by Crippen LogP contribution is -2.05. The van der Waals surface area contributed by atoms with Gasteiger partial charge >= 0.3 is 0 Å². The number of hydrogen-bond acceptors (Lipinski definition) is 0. The van der Waals surface area contributed by atoms with Gasteiger partial charge in [0, 0.05) is 16.4 Å². The van der Waals surface area contributed by atoms with Gasteiger partial charge in [-0.25, -0.2) is 0 Å². The molecule has 1 heterocycles. The van der Waals surface area contributed by atoms with E-state index in [2.05, 4.69) is 56.5 Å². The largest absolute Gasteiger partial charge is 0.318 e. The van der Waals surface area contributed by atoms with Gasteiger partial charge in [0.25, 0.3) is 0 Å². The molecule has 0 aliphatic carbocycles. The van der Waals surface area contributed by atoms with Crippen molar-refractivity contribution in [2.75, 3.05) is 0 Å². The van der Waals surface area contributed by atoms with E-state index >= 15 is 0 Å². The molecule has 0 saturated carbocycles. The zero-order chi connectivity index (χ0) is 13.3. The molecule has 0 bridgehead atoms. The molecule has 96 valence electrons. The van der Waals surface area contributed by atoms with Gasteiger partial charge in [0.05, 0.1) is 5.69 Å². The van der Waals surface area contributed by atoms with Crippen molar-refractivity contribution in [3.8, 4) is 5.69 Å². The Labute approximate surface area is 114 Å². The summed E-state index contributed by atoms with van der Waals surface area (Å²) in [6, 6.07) is 10.5. The van der Waals surface area contributed by atoms with Crippen LogP contribution in [0.5, 0.6) is 0 Å². The highest BCUT2D eigenvalue weighted by Gasteiger charge is 2.13. The summed E-state index contributed by atoms with van der Waals surface area (Å²) in [5, 5.41) is 0.796. The monoisotopic (exact) mass is 261 g/mol. The van der Waals surface area contributed by atoms with Crippen molar-refractivity contribution in [3.05, 3.63) is 52.3 Å². The van der Waals surface area contributed by atoms with Gasteiger partial charge in [0.1, 0.15) is 0 Å². The number of rotatable bonds is 3. The smallest absolute Gasteiger partial charge is 0.0504 e. The summed E-state index contributed by atoms with van der Waals surface area (Å²) >= 11 is 6.17. The van der Waals surface area contributed by atoms with E-state index in [0.717, 1.165) is 11.4 Å². The third-order valence-corrected chi connectivity index (χ3v) is 3.88.